The van der Waals surface area contributed by atoms with E-state index in [2.05, 4.69) is 26.6 Å². The van der Waals surface area contributed by atoms with Gasteiger partial charge in [0, 0.05) is 34.6 Å². The van der Waals surface area contributed by atoms with Gasteiger partial charge in [-0.2, -0.15) is 0 Å². The molecule has 0 spiro atoms. The summed E-state index contributed by atoms with van der Waals surface area (Å²) < 4.78 is 0. The number of para-hydroxylation sites is 1. The van der Waals surface area contributed by atoms with Gasteiger partial charge in [0.15, 0.2) is 5.69 Å². The highest BCUT2D eigenvalue weighted by molar-refractivity contribution is 6.07. The second-order valence-corrected chi connectivity index (χ2v) is 6.34. The van der Waals surface area contributed by atoms with Crippen LogP contribution in [0.2, 0.25) is 0 Å². The number of rotatable bonds is 4. The molecule has 0 saturated heterocycles. The lowest BCUT2D eigenvalue weighted by atomic mass is 10.0. The Hall–Kier alpha value is -3.54. The van der Waals surface area contributed by atoms with Gasteiger partial charge in [0.1, 0.15) is 5.52 Å². The normalized spacial score (nSPS) is 11.0. The molecule has 3 N–H and O–H groups in total. The van der Waals surface area contributed by atoms with Crippen molar-refractivity contribution in [2.75, 3.05) is 12.3 Å². The van der Waals surface area contributed by atoms with E-state index < -0.39 is 0 Å². The number of anilines is 1. The van der Waals surface area contributed by atoms with Crippen LogP contribution in [0.1, 0.15) is 23.8 Å². The van der Waals surface area contributed by atoms with Crippen LogP contribution in [-0.4, -0.2) is 27.6 Å². The van der Waals surface area contributed by atoms with Gasteiger partial charge in [-0.15, -0.1) is 10.2 Å². The van der Waals surface area contributed by atoms with E-state index in [1.807, 2.05) is 55.6 Å². The first-order valence-corrected chi connectivity index (χ1v) is 8.87. The van der Waals surface area contributed by atoms with Crippen molar-refractivity contribution in [2.24, 2.45) is 0 Å². The summed E-state index contributed by atoms with van der Waals surface area (Å²) in [5, 5.41) is 12.9. The van der Waals surface area contributed by atoms with Crippen LogP contribution in [0.5, 0.6) is 0 Å². The monoisotopic (exact) mass is 357 g/mol. The second-order valence-electron chi connectivity index (χ2n) is 6.34. The van der Waals surface area contributed by atoms with Gasteiger partial charge in [-0.3, -0.25) is 9.78 Å². The highest BCUT2D eigenvalue weighted by Gasteiger charge is 2.17. The van der Waals surface area contributed by atoms with Gasteiger partial charge in [-0.05, 0) is 18.6 Å². The molecule has 0 fully saturated rings. The van der Waals surface area contributed by atoms with E-state index >= 15 is 0 Å². The number of carbonyl (C=O) groups is 1. The van der Waals surface area contributed by atoms with Gasteiger partial charge < -0.3 is 11.1 Å². The van der Waals surface area contributed by atoms with Gasteiger partial charge in [0.25, 0.3) is 5.91 Å². The van der Waals surface area contributed by atoms with Crippen molar-refractivity contribution in [1.82, 2.24) is 20.5 Å². The number of nitrogens with zero attached hydrogens (tertiary/aromatic N) is 3. The number of nitrogens with one attached hydrogen (secondary N) is 1. The summed E-state index contributed by atoms with van der Waals surface area (Å²) >= 11 is 0. The Kier molecular flexibility index (Phi) is 4.38. The molecule has 2 aromatic carbocycles. The predicted molar refractivity (Wildman–Crippen MR) is 107 cm³/mol. The maximum absolute atomic E-state index is 12.3. The van der Waals surface area contributed by atoms with Gasteiger partial charge in [-0.1, -0.05) is 43.3 Å². The number of hydrogen-bond donors (Lipinski definition) is 2. The summed E-state index contributed by atoms with van der Waals surface area (Å²) in [6.45, 7) is 2.56. The van der Waals surface area contributed by atoms with Crippen molar-refractivity contribution in [3.8, 4) is 11.1 Å². The molecule has 0 aliphatic carbocycles. The van der Waals surface area contributed by atoms with Crippen molar-refractivity contribution in [3.05, 3.63) is 60.4 Å². The van der Waals surface area contributed by atoms with Crippen molar-refractivity contribution in [1.29, 1.82) is 0 Å². The first-order valence-electron chi connectivity index (χ1n) is 8.87. The minimum atomic E-state index is -0.304. The fourth-order valence-electron chi connectivity index (χ4n) is 3.09. The summed E-state index contributed by atoms with van der Waals surface area (Å²) in [6.07, 6.45) is 2.66. The summed E-state index contributed by atoms with van der Waals surface area (Å²) in [5.74, 6) is -0.304. The smallest absolute Gasteiger partial charge is 0.273 e. The third kappa shape index (κ3) is 3.06. The van der Waals surface area contributed by atoms with Gasteiger partial charge in [0.05, 0.1) is 11.2 Å². The van der Waals surface area contributed by atoms with Crippen molar-refractivity contribution in [2.45, 2.75) is 13.3 Å². The minimum absolute atomic E-state index is 0.157. The van der Waals surface area contributed by atoms with Crippen LogP contribution in [0, 0.1) is 0 Å². The first kappa shape index (κ1) is 16.9. The minimum Gasteiger partial charge on any atom is -0.396 e. The van der Waals surface area contributed by atoms with Crippen molar-refractivity contribution >= 4 is 33.4 Å². The summed E-state index contributed by atoms with van der Waals surface area (Å²) in [7, 11) is 0. The molecule has 27 heavy (non-hydrogen) atoms. The largest absolute Gasteiger partial charge is 0.396 e. The van der Waals surface area contributed by atoms with Crippen molar-refractivity contribution < 1.29 is 4.79 Å². The number of hydrogen-bond acceptors (Lipinski definition) is 5. The summed E-state index contributed by atoms with van der Waals surface area (Å²) in [6, 6.07) is 15.7. The van der Waals surface area contributed by atoms with E-state index in [1.165, 1.54) is 0 Å². The number of nitrogens with two attached hydrogens (primary N) is 1. The lowest BCUT2D eigenvalue weighted by Gasteiger charge is -2.11. The lowest BCUT2D eigenvalue weighted by molar-refractivity contribution is 0.0949. The molecule has 0 unspecified atom stereocenters. The van der Waals surface area contributed by atoms with E-state index in [0.29, 0.717) is 23.1 Å². The molecule has 0 atom stereocenters. The average Bonchev–Trinajstić information content (AvgIpc) is 2.71. The molecular formula is C21H19N5O. The predicted octanol–water partition coefficient (Wildman–Crippen LogP) is 3.57. The fraction of sp³-hybridized carbons (Fsp3) is 0.143. The molecule has 0 aliphatic heterocycles. The quantitative estimate of drug-likeness (QED) is 0.582. The Morgan fingerprint density at radius 3 is 2.81 bits per heavy atom. The Balaban J connectivity index is 1.84. The fourth-order valence-corrected chi connectivity index (χ4v) is 3.09. The highest BCUT2D eigenvalue weighted by Crippen LogP contribution is 2.31. The Morgan fingerprint density at radius 1 is 1.11 bits per heavy atom. The molecule has 0 radical (unpaired) electrons. The number of carbonyl (C=O) groups excluding carboxylic acids is 1. The summed E-state index contributed by atoms with van der Waals surface area (Å²) in [5.41, 5.74) is 10.1. The highest BCUT2D eigenvalue weighted by atomic mass is 16.1. The summed E-state index contributed by atoms with van der Waals surface area (Å²) in [4.78, 5) is 16.8. The number of aromatic nitrogens is 3. The zero-order chi connectivity index (χ0) is 18.8. The Bertz CT molecular complexity index is 1160. The van der Waals surface area contributed by atoms with E-state index in [-0.39, 0.29) is 11.6 Å². The van der Waals surface area contributed by atoms with Crippen LogP contribution in [0.15, 0.2) is 54.7 Å². The Labute approximate surface area is 156 Å². The molecular weight excluding hydrogens is 338 g/mol. The topological polar surface area (TPSA) is 93.8 Å². The van der Waals surface area contributed by atoms with E-state index in [4.69, 9.17) is 5.73 Å². The number of amides is 1. The third-order valence-electron chi connectivity index (χ3n) is 4.48. The van der Waals surface area contributed by atoms with Gasteiger partial charge >= 0.3 is 0 Å². The molecule has 6 heteroatoms. The molecule has 0 bridgehead atoms. The van der Waals surface area contributed by atoms with Crippen LogP contribution in [0.4, 0.5) is 5.69 Å². The van der Waals surface area contributed by atoms with E-state index in [0.717, 1.165) is 28.5 Å². The third-order valence-corrected chi connectivity index (χ3v) is 4.48. The number of pyridine rings is 1. The average molecular weight is 357 g/mol. The van der Waals surface area contributed by atoms with Crippen molar-refractivity contribution in [3.63, 3.8) is 0 Å². The number of fused-ring (bicyclic) bond motifs is 2. The molecule has 6 nitrogen and oxygen atoms in total. The maximum atomic E-state index is 12.3. The van der Waals surface area contributed by atoms with Gasteiger partial charge in [-0.25, -0.2) is 0 Å². The number of nitrogen functional groups attached to an aromatic ring is 1. The molecule has 4 aromatic rings. The van der Waals surface area contributed by atoms with Crippen LogP contribution in [0.3, 0.4) is 0 Å². The molecule has 1 amide bonds. The molecule has 2 aromatic heterocycles. The molecule has 4 rings (SSSR count). The van der Waals surface area contributed by atoms with E-state index in [1.54, 1.807) is 0 Å². The standard InChI is InChI=1S/C21H19N5O/c1-2-10-23-21(27)20-18(22)16-8-5-7-15(19(16)25-26-20)14-11-13-6-3-4-9-17(13)24-12-14/h3-9,11-12H,2,10H2,1H3,(H2,22,25)(H,23,27). The van der Waals surface area contributed by atoms with Crippen LogP contribution in [-0.2, 0) is 0 Å². The second kappa shape index (κ2) is 6.99. The SMILES string of the molecule is CCCNC(=O)c1nnc2c(-c3cnc4ccccc4c3)cccc2c1N. The lowest BCUT2D eigenvalue weighted by Crippen LogP contribution is -2.26. The van der Waals surface area contributed by atoms with Crippen LogP contribution < -0.4 is 11.1 Å². The molecule has 0 aliphatic rings. The zero-order valence-corrected chi connectivity index (χ0v) is 14.9. The van der Waals surface area contributed by atoms with Gasteiger partial charge in [0.2, 0.25) is 0 Å². The molecule has 2 heterocycles. The Morgan fingerprint density at radius 2 is 1.96 bits per heavy atom. The maximum Gasteiger partial charge on any atom is 0.273 e. The zero-order valence-electron chi connectivity index (χ0n) is 14.9. The first-order chi connectivity index (χ1) is 13.2. The van der Waals surface area contributed by atoms with Crippen LogP contribution >= 0.6 is 0 Å². The number of benzene rings is 2. The molecule has 134 valence electrons. The molecule has 0 saturated carbocycles. The van der Waals surface area contributed by atoms with Crippen LogP contribution in [0.25, 0.3) is 32.9 Å². The van der Waals surface area contributed by atoms with E-state index in [9.17, 15) is 4.79 Å².